The number of benzene rings is 2. The number of anilines is 2. The highest BCUT2D eigenvalue weighted by Gasteiger charge is 2.44. The molecule has 1 fully saturated rings. The highest BCUT2D eigenvalue weighted by atomic mass is 35.5. The van der Waals surface area contributed by atoms with Crippen LogP contribution in [0.3, 0.4) is 0 Å². The van der Waals surface area contributed by atoms with Crippen LogP contribution < -0.4 is 15.5 Å². The van der Waals surface area contributed by atoms with Crippen LogP contribution in [0.15, 0.2) is 36.4 Å². The number of nitrogens with zero attached hydrogens (tertiary/aromatic N) is 2. The Hall–Kier alpha value is -2.87. The maximum Gasteiger partial charge on any atom is 0.321 e. The van der Waals surface area contributed by atoms with E-state index in [1.165, 1.54) is 6.07 Å². The van der Waals surface area contributed by atoms with Gasteiger partial charge in [0.15, 0.2) is 0 Å². The molecule has 152 valence electrons. The number of nitrogens with one attached hydrogen (secondary N) is 2. The van der Waals surface area contributed by atoms with Gasteiger partial charge in [-0.05, 0) is 30.3 Å². The topological polar surface area (TPSA) is 64.7 Å². The molecule has 3 amide bonds. The Morgan fingerprint density at radius 3 is 2.59 bits per heavy atom. The molecule has 1 saturated heterocycles. The second-order valence-electron chi connectivity index (χ2n) is 7.25. The Kier molecular flexibility index (Phi) is 4.82. The standard InChI is InChI=1S/C20H19ClF2N4O2/c1-26-17-10-12(21)2-4-14(17)18(28)25-20(26)6-8-27(9-7-20)19(29)24-16-5-3-13(22)11-15(16)23/h2-5,10-11H,6-9H2,1H3,(H,24,29)(H,25,28). The molecule has 1 spiro atoms. The summed E-state index contributed by atoms with van der Waals surface area (Å²) in [4.78, 5) is 28.6. The molecule has 0 bridgehead atoms. The molecule has 0 saturated carbocycles. The zero-order chi connectivity index (χ0) is 20.8. The number of carbonyl (C=O) groups is 2. The lowest BCUT2D eigenvalue weighted by Gasteiger charge is -2.51. The molecule has 0 radical (unpaired) electrons. The molecule has 2 N–H and O–H groups in total. The van der Waals surface area contributed by atoms with E-state index in [2.05, 4.69) is 10.6 Å². The van der Waals surface area contributed by atoms with E-state index in [4.69, 9.17) is 11.6 Å². The first-order valence-corrected chi connectivity index (χ1v) is 9.54. The zero-order valence-electron chi connectivity index (χ0n) is 15.6. The summed E-state index contributed by atoms with van der Waals surface area (Å²) in [6.07, 6.45) is 0.973. The van der Waals surface area contributed by atoms with Crippen LogP contribution >= 0.6 is 11.6 Å². The molecule has 2 aliphatic heterocycles. The van der Waals surface area contributed by atoms with Gasteiger partial charge < -0.3 is 20.4 Å². The fraction of sp³-hybridized carbons (Fsp3) is 0.300. The molecule has 2 aliphatic rings. The number of halogens is 3. The second kappa shape index (κ2) is 7.18. The van der Waals surface area contributed by atoms with Crippen molar-refractivity contribution in [2.45, 2.75) is 18.5 Å². The highest BCUT2D eigenvalue weighted by Crippen LogP contribution is 2.37. The van der Waals surface area contributed by atoms with Gasteiger partial charge >= 0.3 is 6.03 Å². The van der Waals surface area contributed by atoms with Crippen LogP contribution in [0.25, 0.3) is 0 Å². The highest BCUT2D eigenvalue weighted by molar-refractivity contribution is 6.31. The molecule has 0 atom stereocenters. The van der Waals surface area contributed by atoms with Gasteiger partial charge in [-0.15, -0.1) is 0 Å². The lowest BCUT2D eigenvalue weighted by atomic mass is 9.90. The lowest BCUT2D eigenvalue weighted by molar-refractivity contribution is 0.0815. The van der Waals surface area contributed by atoms with Crippen LogP contribution in [-0.2, 0) is 0 Å². The first-order valence-electron chi connectivity index (χ1n) is 9.16. The van der Waals surface area contributed by atoms with Crippen molar-refractivity contribution in [2.24, 2.45) is 0 Å². The maximum atomic E-state index is 13.8. The number of likely N-dealkylation sites (tertiary alicyclic amines) is 1. The van der Waals surface area contributed by atoms with E-state index in [1.54, 1.807) is 23.1 Å². The minimum Gasteiger partial charge on any atom is -0.351 e. The molecule has 2 heterocycles. The first kappa shape index (κ1) is 19.4. The molecule has 2 aromatic rings. The summed E-state index contributed by atoms with van der Waals surface area (Å²) in [5.41, 5.74) is 0.581. The predicted molar refractivity (Wildman–Crippen MR) is 106 cm³/mol. The average Bonchev–Trinajstić information content (AvgIpc) is 2.69. The number of amides is 3. The maximum absolute atomic E-state index is 13.8. The Morgan fingerprint density at radius 2 is 1.90 bits per heavy atom. The van der Waals surface area contributed by atoms with E-state index in [0.717, 1.165) is 17.8 Å². The minimum absolute atomic E-state index is 0.0802. The van der Waals surface area contributed by atoms with Gasteiger partial charge in [0.05, 0.1) is 16.9 Å². The Bertz CT molecular complexity index is 992. The van der Waals surface area contributed by atoms with E-state index in [-0.39, 0.29) is 11.6 Å². The molecule has 2 aromatic carbocycles. The van der Waals surface area contributed by atoms with E-state index < -0.39 is 23.3 Å². The van der Waals surface area contributed by atoms with Gasteiger partial charge in [0.2, 0.25) is 0 Å². The van der Waals surface area contributed by atoms with Crippen LogP contribution in [-0.4, -0.2) is 42.6 Å². The van der Waals surface area contributed by atoms with Crippen LogP contribution in [0, 0.1) is 11.6 Å². The molecular weight excluding hydrogens is 402 g/mol. The van der Waals surface area contributed by atoms with E-state index in [9.17, 15) is 18.4 Å². The van der Waals surface area contributed by atoms with Crippen LogP contribution in [0.1, 0.15) is 23.2 Å². The first-order chi connectivity index (χ1) is 13.8. The van der Waals surface area contributed by atoms with Crippen molar-refractivity contribution in [3.05, 3.63) is 58.6 Å². The van der Waals surface area contributed by atoms with Gasteiger partial charge in [-0.3, -0.25) is 4.79 Å². The Labute approximate surface area is 171 Å². The summed E-state index contributed by atoms with van der Waals surface area (Å²) in [5, 5.41) is 6.07. The smallest absolute Gasteiger partial charge is 0.321 e. The number of piperidine rings is 1. The normalized spacial score (nSPS) is 17.7. The van der Waals surface area contributed by atoms with Crippen molar-refractivity contribution >= 4 is 34.9 Å². The number of carbonyl (C=O) groups excluding carboxylic acids is 2. The third kappa shape index (κ3) is 3.48. The molecule has 4 rings (SSSR count). The van der Waals surface area contributed by atoms with Gasteiger partial charge in [-0.25, -0.2) is 13.6 Å². The molecular formula is C20H19ClF2N4O2. The number of urea groups is 1. The van der Waals surface area contributed by atoms with Gasteiger partial charge in [-0.1, -0.05) is 11.6 Å². The van der Waals surface area contributed by atoms with E-state index >= 15 is 0 Å². The minimum atomic E-state index is -0.834. The van der Waals surface area contributed by atoms with E-state index in [1.807, 2.05) is 11.9 Å². The van der Waals surface area contributed by atoms with Crippen molar-refractivity contribution in [1.82, 2.24) is 10.2 Å². The molecule has 29 heavy (non-hydrogen) atoms. The van der Waals surface area contributed by atoms with Crippen molar-refractivity contribution in [3.63, 3.8) is 0 Å². The number of hydrogen-bond donors (Lipinski definition) is 2. The van der Waals surface area contributed by atoms with Gasteiger partial charge in [0.1, 0.15) is 17.3 Å². The number of rotatable bonds is 1. The molecule has 0 unspecified atom stereocenters. The van der Waals surface area contributed by atoms with Crippen molar-refractivity contribution in [1.29, 1.82) is 0 Å². The summed E-state index contributed by atoms with van der Waals surface area (Å²) in [6, 6.07) is 7.63. The summed E-state index contributed by atoms with van der Waals surface area (Å²) < 4.78 is 26.8. The van der Waals surface area contributed by atoms with Gasteiger partial charge in [0.25, 0.3) is 5.91 Å². The Morgan fingerprint density at radius 1 is 1.17 bits per heavy atom. The summed E-state index contributed by atoms with van der Waals surface area (Å²) in [6.45, 7) is 0.713. The van der Waals surface area contributed by atoms with Crippen LogP contribution in [0.4, 0.5) is 25.0 Å². The Balaban J connectivity index is 1.47. The van der Waals surface area contributed by atoms with Crippen molar-refractivity contribution in [3.8, 4) is 0 Å². The molecule has 6 nitrogen and oxygen atoms in total. The van der Waals surface area contributed by atoms with Gasteiger partial charge in [0, 0.05) is 44.1 Å². The van der Waals surface area contributed by atoms with E-state index in [0.29, 0.717) is 36.5 Å². The van der Waals surface area contributed by atoms with Crippen LogP contribution in [0.5, 0.6) is 0 Å². The summed E-state index contributed by atoms with van der Waals surface area (Å²) in [7, 11) is 1.89. The summed E-state index contributed by atoms with van der Waals surface area (Å²) >= 11 is 6.11. The van der Waals surface area contributed by atoms with Crippen molar-refractivity contribution in [2.75, 3.05) is 30.4 Å². The largest absolute Gasteiger partial charge is 0.351 e. The lowest BCUT2D eigenvalue weighted by Crippen LogP contribution is -2.67. The average molecular weight is 421 g/mol. The number of fused-ring (bicyclic) bond motifs is 1. The number of hydrogen-bond acceptors (Lipinski definition) is 3. The van der Waals surface area contributed by atoms with Gasteiger partial charge in [-0.2, -0.15) is 0 Å². The fourth-order valence-electron chi connectivity index (χ4n) is 3.89. The molecule has 9 heteroatoms. The third-order valence-corrected chi connectivity index (χ3v) is 5.84. The monoisotopic (exact) mass is 420 g/mol. The zero-order valence-corrected chi connectivity index (χ0v) is 16.4. The SMILES string of the molecule is CN1c2cc(Cl)ccc2C(=O)NC12CCN(C(=O)Nc1ccc(F)cc1F)CC2. The summed E-state index contributed by atoms with van der Waals surface area (Å²) in [5.74, 6) is -1.72. The van der Waals surface area contributed by atoms with Crippen molar-refractivity contribution < 1.29 is 18.4 Å². The van der Waals surface area contributed by atoms with Crippen LogP contribution in [0.2, 0.25) is 5.02 Å². The molecule has 0 aromatic heterocycles. The third-order valence-electron chi connectivity index (χ3n) is 5.60. The second-order valence-corrected chi connectivity index (χ2v) is 7.68. The molecule has 0 aliphatic carbocycles. The fourth-order valence-corrected chi connectivity index (χ4v) is 4.06. The quantitative estimate of drug-likeness (QED) is 0.737. The predicted octanol–water partition coefficient (Wildman–Crippen LogP) is 3.82.